The molecule has 7 heteroatoms. The molecule has 0 saturated carbocycles. The SMILES string of the molecule is Cc1ccccc1-n1nnc(C(=O)Nc2ccc3cc(O)ccc3n2)c1C. The van der Waals surface area contributed by atoms with Crippen LogP contribution in [0.5, 0.6) is 5.75 Å². The molecule has 2 aromatic heterocycles. The maximum absolute atomic E-state index is 12.6. The van der Waals surface area contributed by atoms with E-state index in [-0.39, 0.29) is 17.4 Å². The number of pyridine rings is 1. The van der Waals surface area contributed by atoms with Crippen molar-refractivity contribution >= 4 is 22.6 Å². The second-order valence-electron chi connectivity index (χ2n) is 6.25. The molecule has 0 unspecified atom stereocenters. The highest BCUT2D eigenvalue weighted by atomic mass is 16.3. The molecule has 2 heterocycles. The summed E-state index contributed by atoms with van der Waals surface area (Å²) in [5, 5.41) is 21.2. The third-order valence-corrected chi connectivity index (χ3v) is 4.37. The molecule has 0 saturated heterocycles. The fraction of sp³-hybridized carbons (Fsp3) is 0.100. The zero-order valence-electron chi connectivity index (χ0n) is 14.8. The number of amides is 1. The van der Waals surface area contributed by atoms with Crippen molar-refractivity contribution in [1.82, 2.24) is 20.0 Å². The van der Waals surface area contributed by atoms with E-state index in [1.54, 1.807) is 41.9 Å². The minimum absolute atomic E-state index is 0.171. The molecule has 0 atom stereocenters. The molecule has 2 aromatic carbocycles. The zero-order valence-corrected chi connectivity index (χ0v) is 14.8. The fourth-order valence-electron chi connectivity index (χ4n) is 2.93. The lowest BCUT2D eigenvalue weighted by Crippen LogP contribution is -2.15. The van der Waals surface area contributed by atoms with Crippen LogP contribution in [0, 0.1) is 13.8 Å². The number of aromatic nitrogens is 4. The van der Waals surface area contributed by atoms with Crippen LogP contribution in [0.15, 0.2) is 54.6 Å². The maximum atomic E-state index is 12.6. The summed E-state index contributed by atoms with van der Waals surface area (Å²) in [6.07, 6.45) is 0. The Kier molecular flexibility index (Phi) is 4.04. The van der Waals surface area contributed by atoms with Gasteiger partial charge in [0.15, 0.2) is 5.69 Å². The first kappa shape index (κ1) is 16.7. The van der Waals surface area contributed by atoms with E-state index >= 15 is 0 Å². The van der Waals surface area contributed by atoms with E-state index in [4.69, 9.17) is 0 Å². The number of rotatable bonds is 3. The molecule has 7 nitrogen and oxygen atoms in total. The molecule has 134 valence electrons. The number of carbonyl (C=O) groups excluding carboxylic acids is 1. The lowest BCUT2D eigenvalue weighted by Gasteiger charge is -2.07. The molecule has 1 amide bonds. The fourth-order valence-corrected chi connectivity index (χ4v) is 2.93. The number of hydrogen-bond acceptors (Lipinski definition) is 5. The van der Waals surface area contributed by atoms with E-state index in [0.29, 0.717) is 17.0 Å². The lowest BCUT2D eigenvalue weighted by molar-refractivity contribution is 0.102. The molecule has 2 N–H and O–H groups in total. The van der Waals surface area contributed by atoms with E-state index < -0.39 is 0 Å². The van der Waals surface area contributed by atoms with Gasteiger partial charge in [-0.3, -0.25) is 4.79 Å². The molecular weight excluding hydrogens is 342 g/mol. The second kappa shape index (κ2) is 6.53. The Bertz CT molecular complexity index is 1170. The van der Waals surface area contributed by atoms with E-state index in [9.17, 15) is 9.90 Å². The summed E-state index contributed by atoms with van der Waals surface area (Å²) in [4.78, 5) is 17.0. The van der Waals surface area contributed by atoms with Crippen LogP contribution in [0.2, 0.25) is 0 Å². The first-order chi connectivity index (χ1) is 13.0. The summed E-state index contributed by atoms with van der Waals surface area (Å²) in [6.45, 7) is 3.78. The third kappa shape index (κ3) is 3.10. The molecule has 0 spiro atoms. The summed E-state index contributed by atoms with van der Waals surface area (Å²) >= 11 is 0. The highest BCUT2D eigenvalue weighted by Gasteiger charge is 2.18. The molecule has 0 aliphatic carbocycles. The Morgan fingerprint density at radius 1 is 1.07 bits per heavy atom. The number of aromatic hydroxyl groups is 1. The van der Waals surface area contributed by atoms with Gasteiger partial charge in [-0.05, 0) is 55.8 Å². The van der Waals surface area contributed by atoms with E-state index in [1.807, 2.05) is 31.2 Å². The number of fused-ring (bicyclic) bond motifs is 1. The van der Waals surface area contributed by atoms with Crippen LogP contribution in [0.1, 0.15) is 21.7 Å². The largest absolute Gasteiger partial charge is 0.508 e. The van der Waals surface area contributed by atoms with Crippen molar-refractivity contribution in [3.05, 3.63) is 71.5 Å². The quantitative estimate of drug-likeness (QED) is 0.585. The Labute approximate surface area is 155 Å². The van der Waals surface area contributed by atoms with Crippen LogP contribution < -0.4 is 5.32 Å². The molecule has 0 aliphatic heterocycles. The van der Waals surface area contributed by atoms with Crippen molar-refractivity contribution in [3.63, 3.8) is 0 Å². The van der Waals surface area contributed by atoms with Crippen molar-refractivity contribution < 1.29 is 9.90 Å². The van der Waals surface area contributed by atoms with E-state index in [2.05, 4.69) is 20.6 Å². The van der Waals surface area contributed by atoms with Gasteiger partial charge in [-0.15, -0.1) is 5.10 Å². The van der Waals surface area contributed by atoms with Gasteiger partial charge in [0.2, 0.25) is 0 Å². The van der Waals surface area contributed by atoms with Crippen molar-refractivity contribution in [3.8, 4) is 11.4 Å². The number of carbonyl (C=O) groups is 1. The number of para-hydroxylation sites is 1. The van der Waals surface area contributed by atoms with Crippen molar-refractivity contribution in [2.45, 2.75) is 13.8 Å². The van der Waals surface area contributed by atoms with Crippen LogP contribution in [0.3, 0.4) is 0 Å². The summed E-state index contributed by atoms with van der Waals surface area (Å²) < 4.78 is 1.65. The number of nitrogens with zero attached hydrogens (tertiary/aromatic N) is 4. The van der Waals surface area contributed by atoms with Gasteiger partial charge < -0.3 is 10.4 Å². The number of phenolic OH excluding ortho intramolecular Hbond substituents is 1. The van der Waals surface area contributed by atoms with E-state index in [0.717, 1.165) is 16.6 Å². The monoisotopic (exact) mass is 359 g/mol. The smallest absolute Gasteiger partial charge is 0.279 e. The summed E-state index contributed by atoms with van der Waals surface area (Å²) in [5.74, 6) is 0.200. The van der Waals surface area contributed by atoms with E-state index in [1.165, 1.54) is 0 Å². The van der Waals surface area contributed by atoms with Crippen LogP contribution >= 0.6 is 0 Å². The first-order valence-corrected chi connectivity index (χ1v) is 8.42. The predicted octanol–water partition coefficient (Wildman–Crippen LogP) is 3.39. The third-order valence-electron chi connectivity index (χ3n) is 4.37. The molecule has 0 fully saturated rings. The van der Waals surface area contributed by atoms with Gasteiger partial charge in [0.25, 0.3) is 5.91 Å². The number of anilines is 1. The number of phenols is 1. The molecule has 27 heavy (non-hydrogen) atoms. The Morgan fingerprint density at radius 2 is 1.89 bits per heavy atom. The van der Waals surface area contributed by atoms with Crippen molar-refractivity contribution in [2.75, 3.05) is 5.32 Å². The zero-order chi connectivity index (χ0) is 19.0. The predicted molar refractivity (Wildman–Crippen MR) is 102 cm³/mol. The molecule has 4 aromatic rings. The maximum Gasteiger partial charge on any atom is 0.279 e. The molecule has 0 bridgehead atoms. The molecule has 0 aliphatic rings. The molecular formula is C20H17N5O2. The lowest BCUT2D eigenvalue weighted by atomic mass is 10.2. The van der Waals surface area contributed by atoms with Gasteiger partial charge in [0.1, 0.15) is 11.6 Å². The minimum Gasteiger partial charge on any atom is -0.508 e. The normalized spacial score (nSPS) is 10.9. The Morgan fingerprint density at radius 3 is 2.70 bits per heavy atom. The van der Waals surface area contributed by atoms with Gasteiger partial charge in [0, 0.05) is 5.39 Å². The number of aryl methyl sites for hydroxylation is 1. The summed E-state index contributed by atoms with van der Waals surface area (Å²) in [5.41, 5.74) is 3.48. The number of hydrogen-bond donors (Lipinski definition) is 2. The highest BCUT2D eigenvalue weighted by Crippen LogP contribution is 2.21. The van der Waals surface area contributed by atoms with Crippen LogP contribution in [-0.2, 0) is 0 Å². The van der Waals surface area contributed by atoms with Gasteiger partial charge in [-0.1, -0.05) is 23.4 Å². The van der Waals surface area contributed by atoms with Gasteiger partial charge in [-0.2, -0.15) is 0 Å². The highest BCUT2D eigenvalue weighted by molar-refractivity contribution is 6.03. The van der Waals surface area contributed by atoms with Crippen molar-refractivity contribution in [2.24, 2.45) is 0 Å². The van der Waals surface area contributed by atoms with Crippen molar-refractivity contribution in [1.29, 1.82) is 0 Å². The van der Waals surface area contributed by atoms with Gasteiger partial charge in [-0.25, -0.2) is 9.67 Å². The van der Waals surface area contributed by atoms with Crippen LogP contribution in [-0.4, -0.2) is 31.0 Å². The standard InChI is InChI=1S/C20H17N5O2/c1-12-5-3-4-6-17(12)25-13(2)19(23-24-25)20(27)22-18-10-7-14-11-15(26)8-9-16(14)21-18/h3-11,26H,1-2H3,(H,21,22,27). The molecule has 4 rings (SSSR count). The Hall–Kier alpha value is -3.74. The average molecular weight is 359 g/mol. The summed E-state index contributed by atoms with van der Waals surface area (Å²) in [6, 6.07) is 16.1. The first-order valence-electron chi connectivity index (χ1n) is 8.42. The minimum atomic E-state index is -0.377. The van der Waals surface area contributed by atoms with Gasteiger partial charge in [0.05, 0.1) is 16.9 Å². The van der Waals surface area contributed by atoms with Crippen LogP contribution in [0.4, 0.5) is 5.82 Å². The summed E-state index contributed by atoms with van der Waals surface area (Å²) in [7, 11) is 0. The number of nitrogens with one attached hydrogen (secondary N) is 1. The van der Waals surface area contributed by atoms with Crippen LogP contribution in [0.25, 0.3) is 16.6 Å². The number of benzene rings is 2. The topological polar surface area (TPSA) is 92.9 Å². The Balaban J connectivity index is 1.62. The second-order valence-corrected chi connectivity index (χ2v) is 6.25. The average Bonchev–Trinajstić information content (AvgIpc) is 3.03. The van der Waals surface area contributed by atoms with Gasteiger partial charge >= 0.3 is 0 Å². The molecule has 0 radical (unpaired) electrons.